The number of amides is 1. The van der Waals surface area contributed by atoms with Crippen LogP contribution in [0.2, 0.25) is 0 Å². The normalized spacial score (nSPS) is 17.1. The summed E-state index contributed by atoms with van der Waals surface area (Å²) in [4.78, 5) is 22.6. The van der Waals surface area contributed by atoms with Crippen LogP contribution in [0.3, 0.4) is 0 Å². The third kappa shape index (κ3) is 4.77. The number of carboxylic acid groups (broad SMARTS) is 1. The number of aliphatic carboxylic acids is 1. The Morgan fingerprint density at radius 2 is 2.11 bits per heavy atom. The highest BCUT2D eigenvalue weighted by Crippen LogP contribution is 2.27. The predicted molar refractivity (Wildman–Crippen MR) is 67.3 cm³/mol. The maximum Gasteiger partial charge on any atom is 0.407 e. The Labute approximate surface area is 107 Å². The van der Waals surface area contributed by atoms with Crippen LogP contribution in [-0.2, 0) is 9.53 Å². The standard InChI is InChI=1S/C13H21NO4/c1-2-3-6-9-18-13(17)14-11(12(15)16)10-7-4-5-8-10/h2,10-11H,1,3-9H2,(H,14,17)(H,15,16)/t11-/m0/s1. The Bertz CT molecular complexity index is 297. The number of carbonyl (C=O) groups is 2. The van der Waals surface area contributed by atoms with Gasteiger partial charge in [-0.1, -0.05) is 18.9 Å². The van der Waals surface area contributed by atoms with E-state index in [1.165, 1.54) is 0 Å². The van der Waals surface area contributed by atoms with E-state index < -0.39 is 18.1 Å². The molecule has 0 spiro atoms. The maximum absolute atomic E-state index is 11.5. The van der Waals surface area contributed by atoms with Crippen LogP contribution in [-0.4, -0.2) is 29.8 Å². The number of rotatable bonds is 7. The lowest BCUT2D eigenvalue weighted by Gasteiger charge is -2.20. The largest absolute Gasteiger partial charge is 0.480 e. The highest BCUT2D eigenvalue weighted by Gasteiger charge is 2.32. The van der Waals surface area contributed by atoms with Gasteiger partial charge in [0.05, 0.1) is 6.61 Å². The van der Waals surface area contributed by atoms with Gasteiger partial charge in [-0.15, -0.1) is 6.58 Å². The summed E-state index contributed by atoms with van der Waals surface area (Å²) in [6, 6.07) is -0.820. The van der Waals surface area contributed by atoms with Crippen molar-refractivity contribution in [2.24, 2.45) is 5.92 Å². The molecular weight excluding hydrogens is 234 g/mol. The smallest absolute Gasteiger partial charge is 0.407 e. The number of unbranched alkanes of at least 4 members (excludes halogenated alkanes) is 1. The third-order valence-corrected chi connectivity index (χ3v) is 3.20. The Balaban J connectivity index is 2.33. The molecule has 1 aliphatic carbocycles. The summed E-state index contributed by atoms with van der Waals surface area (Å²) in [6.45, 7) is 3.85. The number of hydrogen-bond donors (Lipinski definition) is 2. The van der Waals surface area contributed by atoms with E-state index >= 15 is 0 Å². The zero-order valence-corrected chi connectivity index (χ0v) is 10.6. The summed E-state index contributed by atoms with van der Waals surface area (Å²) < 4.78 is 4.92. The minimum atomic E-state index is -0.982. The summed E-state index contributed by atoms with van der Waals surface area (Å²) in [5.41, 5.74) is 0. The fourth-order valence-corrected chi connectivity index (χ4v) is 2.23. The zero-order chi connectivity index (χ0) is 13.4. The van der Waals surface area contributed by atoms with Crippen molar-refractivity contribution < 1.29 is 19.4 Å². The number of carboxylic acids is 1. The first-order valence-corrected chi connectivity index (χ1v) is 6.42. The molecule has 0 aromatic rings. The highest BCUT2D eigenvalue weighted by molar-refractivity contribution is 5.80. The van der Waals surface area contributed by atoms with Crippen molar-refractivity contribution in [3.63, 3.8) is 0 Å². The summed E-state index contributed by atoms with van der Waals surface area (Å²) in [5.74, 6) is -0.951. The molecule has 0 unspecified atom stereocenters. The van der Waals surface area contributed by atoms with E-state index in [1.54, 1.807) is 6.08 Å². The van der Waals surface area contributed by atoms with Gasteiger partial charge in [-0.05, 0) is 31.6 Å². The van der Waals surface area contributed by atoms with Gasteiger partial charge in [-0.3, -0.25) is 0 Å². The Morgan fingerprint density at radius 3 is 2.67 bits per heavy atom. The fourth-order valence-electron chi connectivity index (χ4n) is 2.23. The molecule has 1 atom stereocenters. The van der Waals surface area contributed by atoms with Gasteiger partial charge in [0.25, 0.3) is 0 Å². The van der Waals surface area contributed by atoms with Gasteiger partial charge in [-0.2, -0.15) is 0 Å². The van der Waals surface area contributed by atoms with Crippen LogP contribution < -0.4 is 5.32 Å². The second kappa shape index (κ2) is 7.74. The van der Waals surface area contributed by atoms with Crippen LogP contribution in [0.4, 0.5) is 4.79 Å². The van der Waals surface area contributed by atoms with Gasteiger partial charge in [0.2, 0.25) is 0 Å². The van der Waals surface area contributed by atoms with Crippen molar-refractivity contribution in [1.29, 1.82) is 0 Å². The average Bonchev–Trinajstić information content (AvgIpc) is 2.85. The maximum atomic E-state index is 11.5. The SMILES string of the molecule is C=CCCCOC(=O)N[C@H](C(=O)O)C1CCCC1. The van der Waals surface area contributed by atoms with Gasteiger partial charge < -0.3 is 15.2 Å². The molecule has 0 aromatic carbocycles. The number of hydrogen-bond acceptors (Lipinski definition) is 3. The number of allylic oxidation sites excluding steroid dienone is 1. The Kier molecular flexibility index (Phi) is 6.25. The molecule has 1 rings (SSSR count). The first-order valence-electron chi connectivity index (χ1n) is 6.42. The van der Waals surface area contributed by atoms with Crippen molar-refractivity contribution >= 4 is 12.1 Å². The molecule has 0 heterocycles. The van der Waals surface area contributed by atoms with Gasteiger partial charge >= 0.3 is 12.1 Å². The van der Waals surface area contributed by atoms with E-state index in [0.29, 0.717) is 6.42 Å². The second-order valence-electron chi connectivity index (χ2n) is 4.57. The second-order valence-corrected chi connectivity index (χ2v) is 4.57. The molecule has 1 fully saturated rings. The summed E-state index contributed by atoms with van der Waals surface area (Å²) in [7, 11) is 0. The molecule has 102 valence electrons. The zero-order valence-electron chi connectivity index (χ0n) is 10.6. The molecule has 0 aromatic heterocycles. The molecule has 5 nitrogen and oxygen atoms in total. The molecule has 0 bridgehead atoms. The van der Waals surface area contributed by atoms with Crippen molar-refractivity contribution in [2.75, 3.05) is 6.61 Å². The third-order valence-electron chi connectivity index (χ3n) is 3.20. The van der Waals surface area contributed by atoms with Crippen LogP contribution in [0.15, 0.2) is 12.7 Å². The highest BCUT2D eigenvalue weighted by atomic mass is 16.5. The van der Waals surface area contributed by atoms with E-state index in [4.69, 9.17) is 9.84 Å². The minimum absolute atomic E-state index is 0.0308. The molecule has 1 saturated carbocycles. The quantitative estimate of drug-likeness (QED) is 0.540. The predicted octanol–water partition coefficient (Wildman–Crippen LogP) is 2.32. The van der Waals surface area contributed by atoms with E-state index in [9.17, 15) is 9.59 Å². The number of alkyl carbamates (subject to hydrolysis) is 1. The molecule has 1 aliphatic rings. The molecule has 0 radical (unpaired) electrons. The van der Waals surface area contributed by atoms with Crippen LogP contribution in [0.5, 0.6) is 0 Å². The van der Waals surface area contributed by atoms with Crippen molar-refractivity contribution in [1.82, 2.24) is 5.32 Å². The average molecular weight is 255 g/mol. The van der Waals surface area contributed by atoms with Crippen LogP contribution in [0.25, 0.3) is 0 Å². The van der Waals surface area contributed by atoms with Crippen molar-refractivity contribution in [3.8, 4) is 0 Å². The molecular formula is C13H21NO4. The Morgan fingerprint density at radius 1 is 1.44 bits per heavy atom. The van der Waals surface area contributed by atoms with Gasteiger partial charge in [-0.25, -0.2) is 9.59 Å². The van der Waals surface area contributed by atoms with Gasteiger partial charge in [0.15, 0.2) is 0 Å². The van der Waals surface area contributed by atoms with Gasteiger partial charge in [0.1, 0.15) is 6.04 Å². The Hall–Kier alpha value is -1.52. The lowest BCUT2D eigenvalue weighted by molar-refractivity contribution is -0.140. The summed E-state index contributed by atoms with van der Waals surface area (Å²) >= 11 is 0. The molecule has 0 aliphatic heterocycles. The fraction of sp³-hybridized carbons (Fsp3) is 0.692. The van der Waals surface area contributed by atoms with Crippen LogP contribution in [0, 0.1) is 5.92 Å². The minimum Gasteiger partial charge on any atom is -0.480 e. The van der Waals surface area contributed by atoms with E-state index in [2.05, 4.69) is 11.9 Å². The van der Waals surface area contributed by atoms with E-state index in [1.807, 2.05) is 0 Å². The molecule has 2 N–H and O–H groups in total. The number of carbonyl (C=O) groups excluding carboxylic acids is 1. The lowest BCUT2D eigenvalue weighted by atomic mass is 9.98. The van der Waals surface area contributed by atoms with Gasteiger partial charge in [0, 0.05) is 0 Å². The van der Waals surface area contributed by atoms with Crippen LogP contribution >= 0.6 is 0 Å². The molecule has 1 amide bonds. The summed E-state index contributed by atoms with van der Waals surface area (Å²) in [6.07, 6.45) is 6.37. The first kappa shape index (κ1) is 14.5. The topological polar surface area (TPSA) is 75.6 Å². The van der Waals surface area contributed by atoms with Crippen LogP contribution in [0.1, 0.15) is 38.5 Å². The molecule has 0 saturated heterocycles. The monoisotopic (exact) mass is 255 g/mol. The van der Waals surface area contributed by atoms with E-state index in [0.717, 1.165) is 32.1 Å². The molecule has 5 heteroatoms. The number of nitrogens with one attached hydrogen (secondary N) is 1. The molecule has 18 heavy (non-hydrogen) atoms. The first-order chi connectivity index (χ1) is 8.65. The van der Waals surface area contributed by atoms with Crippen molar-refractivity contribution in [2.45, 2.75) is 44.6 Å². The lowest BCUT2D eigenvalue weighted by Crippen LogP contribution is -2.45. The summed E-state index contributed by atoms with van der Waals surface area (Å²) in [5, 5.41) is 11.6. The number of ether oxygens (including phenoxy) is 1. The van der Waals surface area contributed by atoms with Crippen molar-refractivity contribution in [3.05, 3.63) is 12.7 Å². The van der Waals surface area contributed by atoms with E-state index in [-0.39, 0.29) is 12.5 Å².